The summed E-state index contributed by atoms with van der Waals surface area (Å²) < 4.78 is 17.0. The van der Waals surface area contributed by atoms with Gasteiger partial charge in [-0.1, -0.05) is 42.2 Å². The van der Waals surface area contributed by atoms with E-state index in [-0.39, 0.29) is 5.91 Å². The fourth-order valence-electron chi connectivity index (χ4n) is 3.07. The smallest absolute Gasteiger partial charge is 0.270 e. The molecule has 3 aromatic carbocycles. The number of thioether (sulfide) groups is 1. The van der Waals surface area contributed by atoms with Crippen molar-refractivity contribution in [3.63, 3.8) is 0 Å². The number of methoxy groups -OCH3 is 2. The molecule has 0 N–H and O–H groups in total. The van der Waals surface area contributed by atoms with Crippen molar-refractivity contribution < 1.29 is 19.0 Å². The van der Waals surface area contributed by atoms with Crippen molar-refractivity contribution in [1.29, 1.82) is 0 Å². The van der Waals surface area contributed by atoms with Crippen molar-refractivity contribution in [3.8, 4) is 23.0 Å². The SMILES string of the molecule is COc1ccc(OC)c(C=C2SC(=S)N(c3ccc(Oc4ccccc4)cc3)C2=O)c1. The quantitative estimate of drug-likeness (QED) is 0.345. The normalized spacial score (nSPS) is 14.8. The molecule has 31 heavy (non-hydrogen) atoms. The summed E-state index contributed by atoms with van der Waals surface area (Å²) >= 11 is 6.73. The average Bonchev–Trinajstić information content (AvgIpc) is 3.07. The van der Waals surface area contributed by atoms with Gasteiger partial charge >= 0.3 is 0 Å². The van der Waals surface area contributed by atoms with E-state index in [1.807, 2.05) is 60.7 Å². The Morgan fingerprint density at radius 2 is 1.55 bits per heavy atom. The summed E-state index contributed by atoms with van der Waals surface area (Å²) in [4.78, 5) is 15.1. The zero-order valence-electron chi connectivity index (χ0n) is 16.9. The molecule has 7 heteroatoms. The number of benzene rings is 3. The molecule has 0 spiro atoms. The molecule has 1 saturated heterocycles. The first kappa shape index (κ1) is 21.0. The molecular formula is C24H19NO4S2. The van der Waals surface area contributed by atoms with Crippen LogP contribution in [-0.4, -0.2) is 24.4 Å². The van der Waals surface area contributed by atoms with Gasteiger partial charge in [-0.2, -0.15) is 0 Å². The number of ether oxygens (including phenoxy) is 3. The van der Waals surface area contributed by atoms with Crippen molar-refractivity contribution in [2.45, 2.75) is 0 Å². The van der Waals surface area contributed by atoms with Gasteiger partial charge in [-0.3, -0.25) is 9.69 Å². The van der Waals surface area contributed by atoms with E-state index in [1.54, 1.807) is 32.4 Å². The first-order valence-electron chi connectivity index (χ1n) is 9.42. The van der Waals surface area contributed by atoms with E-state index in [4.69, 9.17) is 26.4 Å². The van der Waals surface area contributed by atoms with Crippen molar-refractivity contribution >= 4 is 46.0 Å². The fraction of sp³-hybridized carbons (Fsp3) is 0.0833. The standard InChI is InChI=1S/C24H19NO4S2/c1-27-20-12-13-21(28-2)16(14-20)15-22-23(26)25(24(30)31-22)17-8-10-19(11-9-17)29-18-6-4-3-5-7-18/h3-15H,1-2H3. The van der Waals surface area contributed by atoms with E-state index >= 15 is 0 Å². The zero-order valence-corrected chi connectivity index (χ0v) is 18.5. The van der Waals surface area contributed by atoms with Gasteiger partial charge in [-0.25, -0.2) is 0 Å². The Kier molecular flexibility index (Phi) is 6.25. The van der Waals surface area contributed by atoms with Crippen LogP contribution in [0.1, 0.15) is 5.56 Å². The van der Waals surface area contributed by atoms with Crippen LogP contribution in [0.3, 0.4) is 0 Å². The molecule has 1 heterocycles. The minimum atomic E-state index is -0.184. The van der Waals surface area contributed by atoms with Crippen molar-refractivity contribution in [2.75, 3.05) is 19.1 Å². The first-order chi connectivity index (χ1) is 15.1. The van der Waals surface area contributed by atoms with E-state index in [0.29, 0.717) is 32.2 Å². The summed E-state index contributed by atoms with van der Waals surface area (Å²) in [5, 5.41) is 0. The molecule has 0 saturated carbocycles. The van der Waals surface area contributed by atoms with E-state index in [9.17, 15) is 4.79 Å². The second kappa shape index (κ2) is 9.24. The summed E-state index contributed by atoms with van der Waals surface area (Å²) in [5.74, 6) is 2.56. The molecule has 3 aromatic rings. The van der Waals surface area contributed by atoms with Gasteiger partial charge in [-0.15, -0.1) is 0 Å². The van der Waals surface area contributed by atoms with Gasteiger partial charge in [0.1, 0.15) is 23.0 Å². The van der Waals surface area contributed by atoms with Gasteiger partial charge in [0.15, 0.2) is 4.32 Å². The van der Waals surface area contributed by atoms with Gasteiger partial charge in [0.2, 0.25) is 0 Å². The molecule has 0 aliphatic carbocycles. The maximum atomic E-state index is 13.1. The predicted molar refractivity (Wildman–Crippen MR) is 128 cm³/mol. The number of nitrogens with zero attached hydrogens (tertiary/aromatic N) is 1. The summed E-state index contributed by atoms with van der Waals surface area (Å²) in [7, 11) is 3.18. The molecule has 4 rings (SSSR count). The summed E-state index contributed by atoms with van der Waals surface area (Å²) in [6.07, 6.45) is 1.77. The third kappa shape index (κ3) is 4.57. The van der Waals surface area contributed by atoms with Crippen LogP contribution in [0, 0.1) is 0 Å². The minimum absolute atomic E-state index is 0.184. The Bertz CT molecular complexity index is 1140. The summed E-state index contributed by atoms with van der Waals surface area (Å²) in [5.41, 5.74) is 1.43. The lowest BCUT2D eigenvalue weighted by Crippen LogP contribution is -2.27. The fourth-order valence-corrected chi connectivity index (χ4v) is 4.36. The molecule has 0 unspecified atom stereocenters. The van der Waals surface area contributed by atoms with Crippen LogP contribution in [0.25, 0.3) is 6.08 Å². The molecule has 1 aliphatic rings. The first-order valence-corrected chi connectivity index (χ1v) is 10.6. The zero-order chi connectivity index (χ0) is 21.8. The van der Waals surface area contributed by atoms with Gasteiger partial charge < -0.3 is 14.2 Å². The number of carbonyl (C=O) groups excluding carboxylic acids is 1. The number of para-hydroxylation sites is 1. The summed E-state index contributed by atoms with van der Waals surface area (Å²) in [6.45, 7) is 0. The average molecular weight is 450 g/mol. The van der Waals surface area contributed by atoms with Crippen LogP contribution in [0.2, 0.25) is 0 Å². The highest BCUT2D eigenvalue weighted by atomic mass is 32.2. The lowest BCUT2D eigenvalue weighted by Gasteiger charge is -2.15. The van der Waals surface area contributed by atoms with Crippen molar-refractivity contribution in [2.24, 2.45) is 0 Å². The highest BCUT2D eigenvalue weighted by molar-refractivity contribution is 8.27. The van der Waals surface area contributed by atoms with Crippen LogP contribution >= 0.6 is 24.0 Å². The Hall–Kier alpha value is -3.29. The Morgan fingerprint density at radius 1 is 0.871 bits per heavy atom. The van der Waals surface area contributed by atoms with Crippen molar-refractivity contribution in [1.82, 2.24) is 0 Å². The van der Waals surface area contributed by atoms with Gasteiger partial charge in [0, 0.05) is 5.56 Å². The number of anilines is 1. The van der Waals surface area contributed by atoms with E-state index < -0.39 is 0 Å². The predicted octanol–water partition coefficient (Wildman–Crippen LogP) is 5.90. The molecule has 156 valence electrons. The van der Waals surface area contributed by atoms with Crippen LogP contribution in [-0.2, 0) is 4.79 Å². The largest absolute Gasteiger partial charge is 0.497 e. The topological polar surface area (TPSA) is 48.0 Å². The molecule has 0 bridgehead atoms. The molecular weight excluding hydrogens is 430 g/mol. The second-order valence-electron chi connectivity index (χ2n) is 6.53. The van der Waals surface area contributed by atoms with Crippen LogP contribution in [0.5, 0.6) is 23.0 Å². The number of hydrogen-bond acceptors (Lipinski definition) is 6. The Labute approximate surface area is 190 Å². The lowest BCUT2D eigenvalue weighted by atomic mass is 10.1. The monoisotopic (exact) mass is 449 g/mol. The Balaban J connectivity index is 1.57. The van der Waals surface area contributed by atoms with Crippen LogP contribution < -0.4 is 19.1 Å². The minimum Gasteiger partial charge on any atom is -0.497 e. The number of thiocarbonyl (C=S) groups is 1. The number of amides is 1. The molecule has 0 aromatic heterocycles. The number of carbonyl (C=O) groups is 1. The highest BCUT2D eigenvalue weighted by Gasteiger charge is 2.33. The third-order valence-electron chi connectivity index (χ3n) is 4.59. The van der Waals surface area contributed by atoms with Gasteiger partial charge in [0.25, 0.3) is 5.91 Å². The molecule has 0 atom stereocenters. The maximum absolute atomic E-state index is 13.1. The summed E-state index contributed by atoms with van der Waals surface area (Å²) in [6, 6.07) is 22.2. The lowest BCUT2D eigenvalue weighted by molar-refractivity contribution is -0.113. The van der Waals surface area contributed by atoms with Crippen LogP contribution in [0.15, 0.2) is 77.7 Å². The van der Waals surface area contributed by atoms with Gasteiger partial charge in [-0.05, 0) is 60.7 Å². The van der Waals surface area contributed by atoms with E-state index in [0.717, 1.165) is 11.3 Å². The highest BCUT2D eigenvalue weighted by Crippen LogP contribution is 2.38. The molecule has 1 fully saturated rings. The molecule has 1 aliphatic heterocycles. The molecule has 5 nitrogen and oxygen atoms in total. The third-order valence-corrected chi connectivity index (χ3v) is 5.89. The van der Waals surface area contributed by atoms with E-state index in [2.05, 4.69) is 0 Å². The molecule has 1 amide bonds. The van der Waals surface area contributed by atoms with Gasteiger partial charge in [0.05, 0.1) is 24.8 Å². The number of hydrogen-bond donors (Lipinski definition) is 0. The Morgan fingerprint density at radius 3 is 2.23 bits per heavy atom. The molecule has 0 radical (unpaired) electrons. The van der Waals surface area contributed by atoms with E-state index in [1.165, 1.54) is 16.7 Å². The van der Waals surface area contributed by atoms with Crippen LogP contribution in [0.4, 0.5) is 5.69 Å². The second-order valence-corrected chi connectivity index (χ2v) is 8.21. The maximum Gasteiger partial charge on any atom is 0.270 e. The number of rotatable bonds is 6. The van der Waals surface area contributed by atoms with Crippen molar-refractivity contribution in [3.05, 3.63) is 83.3 Å².